The van der Waals surface area contributed by atoms with Crippen molar-refractivity contribution in [2.45, 2.75) is 33.7 Å². The minimum absolute atomic E-state index is 0.205. The first-order valence-corrected chi connectivity index (χ1v) is 9.93. The molecule has 7 nitrogen and oxygen atoms in total. The van der Waals surface area contributed by atoms with E-state index in [1.807, 2.05) is 45.9 Å². The number of carbonyl (C=O) groups is 1. The number of hydrogen-bond donors (Lipinski definition) is 1. The zero-order chi connectivity index (χ0) is 20.0. The molecule has 27 heavy (non-hydrogen) atoms. The Balaban J connectivity index is 0.00000126. The zero-order valence-electron chi connectivity index (χ0n) is 15.4. The van der Waals surface area contributed by atoms with Crippen LogP contribution in [0.3, 0.4) is 0 Å². The molecule has 9 heteroatoms. The van der Waals surface area contributed by atoms with Crippen LogP contribution < -0.4 is 5.32 Å². The van der Waals surface area contributed by atoms with Gasteiger partial charge in [-0.15, -0.1) is 0 Å². The summed E-state index contributed by atoms with van der Waals surface area (Å²) in [5, 5.41) is 16.5. The number of hydrogen-bond acceptors (Lipinski definition) is 6. The number of nitrogens with zero attached hydrogens (tertiary/aromatic N) is 5. The van der Waals surface area contributed by atoms with Crippen LogP contribution in [0.4, 0.5) is 0 Å². The summed E-state index contributed by atoms with van der Waals surface area (Å²) in [5.74, 6) is 0.335. The van der Waals surface area contributed by atoms with Gasteiger partial charge in [0.15, 0.2) is 5.82 Å². The highest BCUT2D eigenvalue weighted by Gasteiger charge is 2.19. The molecular weight excluding hydrogens is 428 g/mol. The van der Waals surface area contributed by atoms with E-state index in [9.17, 15) is 4.79 Å². The molecule has 1 atom stereocenters. The summed E-state index contributed by atoms with van der Waals surface area (Å²) < 4.78 is 2.38. The highest BCUT2D eigenvalue weighted by Crippen LogP contribution is 2.20. The van der Waals surface area contributed by atoms with Gasteiger partial charge >= 0.3 is 0 Å². The van der Waals surface area contributed by atoms with Crippen LogP contribution in [-0.2, 0) is 0 Å². The molecule has 1 N–H and O–H groups in total. The summed E-state index contributed by atoms with van der Waals surface area (Å²) in [7, 11) is 0. The SMILES string of the molecule is CC.Cc1cc(Br)cc(C(=O)NC(C)c2ncnn2-c2ncc(C#N)s2)c1. The zero-order valence-corrected chi connectivity index (χ0v) is 17.8. The molecule has 2 heterocycles. The van der Waals surface area contributed by atoms with Crippen LogP contribution in [-0.4, -0.2) is 25.7 Å². The van der Waals surface area contributed by atoms with Crippen molar-refractivity contribution in [3.8, 4) is 11.2 Å². The topological polar surface area (TPSA) is 96.5 Å². The Labute approximate surface area is 170 Å². The van der Waals surface area contributed by atoms with Gasteiger partial charge in [0.05, 0.1) is 12.2 Å². The number of aryl methyl sites for hydroxylation is 1. The van der Waals surface area contributed by atoms with E-state index < -0.39 is 0 Å². The third-order valence-corrected chi connectivity index (χ3v) is 4.73. The molecule has 0 radical (unpaired) electrons. The van der Waals surface area contributed by atoms with E-state index in [2.05, 4.69) is 36.3 Å². The molecule has 3 aromatic rings. The molecule has 0 aliphatic heterocycles. The third kappa shape index (κ3) is 4.99. The standard InChI is InChI=1S/C16H13BrN6OS.C2H6/c1-9-3-11(5-12(17)4-9)15(24)22-10(2)14-20-8-21-23(14)16-19-7-13(6-18)25-16;1-2/h3-5,7-8,10H,1-2H3,(H,22,24);1-2H3. The number of thiazole rings is 1. The highest BCUT2D eigenvalue weighted by molar-refractivity contribution is 9.10. The average Bonchev–Trinajstić information content (AvgIpc) is 3.31. The second-order valence-electron chi connectivity index (χ2n) is 5.36. The lowest BCUT2D eigenvalue weighted by molar-refractivity contribution is 0.0937. The molecule has 2 aromatic heterocycles. The summed E-state index contributed by atoms with van der Waals surface area (Å²) in [5.41, 5.74) is 1.55. The van der Waals surface area contributed by atoms with Gasteiger partial charge in [-0.25, -0.2) is 9.97 Å². The second-order valence-corrected chi connectivity index (χ2v) is 7.29. The molecule has 0 fully saturated rings. The molecule has 3 rings (SSSR count). The number of nitriles is 1. The number of amides is 1. The average molecular weight is 447 g/mol. The normalized spacial score (nSPS) is 11.1. The van der Waals surface area contributed by atoms with Crippen LogP contribution in [0.25, 0.3) is 5.13 Å². The van der Waals surface area contributed by atoms with Gasteiger partial charge in [0.25, 0.3) is 5.91 Å². The second kappa shape index (κ2) is 9.39. The van der Waals surface area contributed by atoms with Crippen LogP contribution in [0, 0.1) is 18.3 Å². The maximum Gasteiger partial charge on any atom is 0.251 e. The maximum atomic E-state index is 12.5. The van der Waals surface area contributed by atoms with Crippen LogP contribution in [0.5, 0.6) is 0 Å². The summed E-state index contributed by atoms with van der Waals surface area (Å²) in [6, 6.07) is 7.17. The lowest BCUT2D eigenvalue weighted by Crippen LogP contribution is -2.28. The lowest BCUT2D eigenvalue weighted by Gasteiger charge is -2.14. The van der Waals surface area contributed by atoms with Gasteiger partial charge in [-0.3, -0.25) is 4.79 Å². The summed E-state index contributed by atoms with van der Waals surface area (Å²) >= 11 is 4.61. The van der Waals surface area contributed by atoms with Crippen molar-refractivity contribution in [2.75, 3.05) is 0 Å². The van der Waals surface area contributed by atoms with E-state index in [1.165, 1.54) is 28.5 Å². The van der Waals surface area contributed by atoms with Crippen LogP contribution >= 0.6 is 27.3 Å². The molecule has 0 spiro atoms. The minimum Gasteiger partial charge on any atom is -0.342 e. The maximum absolute atomic E-state index is 12.5. The van der Waals surface area contributed by atoms with Gasteiger partial charge in [-0.05, 0) is 37.6 Å². The van der Waals surface area contributed by atoms with E-state index >= 15 is 0 Å². The number of rotatable bonds is 4. The Morgan fingerprint density at radius 1 is 1.33 bits per heavy atom. The molecule has 1 aromatic carbocycles. The van der Waals surface area contributed by atoms with Gasteiger partial charge in [0.2, 0.25) is 5.13 Å². The molecule has 0 aliphatic rings. The van der Waals surface area contributed by atoms with Crippen molar-refractivity contribution < 1.29 is 4.79 Å². The molecule has 0 bridgehead atoms. The fourth-order valence-electron chi connectivity index (χ4n) is 2.32. The quantitative estimate of drug-likeness (QED) is 0.647. The van der Waals surface area contributed by atoms with Gasteiger partial charge in [0, 0.05) is 10.0 Å². The Hall–Kier alpha value is -2.57. The molecular formula is C18H19BrN6OS. The molecule has 1 amide bonds. The van der Waals surface area contributed by atoms with Crippen LogP contribution in [0.1, 0.15) is 53.4 Å². The number of nitrogens with one attached hydrogen (secondary N) is 1. The van der Waals surface area contributed by atoms with Crippen LogP contribution in [0.15, 0.2) is 35.2 Å². The van der Waals surface area contributed by atoms with Gasteiger partial charge < -0.3 is 5.32 Å². The molecule has 140 valence electrons. The largest absolute Gasteiger partial charge is 0.342 e. The van der Waals surface area contributed by atoms with E-state index in [-0.39, 0.29) is 11.9 Å². The lowest BCUT2D eigenvalue weighted by atomic mass is 10.1. The van der Waals surface area contributed by atoms with Gasteiger partial charge in [-0.1, -0.05) is 41.1 Å². The van der Waals surface area contributed by atoms with Gasteiger partial charge in [0.1, 0.15) is 17.3 Å². The predicted molar refractivity (Wildman–Crippen MR) is 108 cm³/mol. The number of halogens is 1. The highest BCUT2D eigenvalue weighted by atomic mass is 79.9. The third-order valence-electron chi connectivity index (χ3n) is 3.40. The van der Waals surface area contributed by atoms with Crippen molar-refractivity contribution in [1.82, 2.24) is 25.1 Å². The summed E-state index contributed by atoms with van der Waals surface area (Å²) in [4.78, 5) is 21.4. The van der Waals surface area contributed by atoms with E-state index in [0.717, 1.165) is 10.0 Å². The predicted octanol–water partition coefficient (Wildman–Crippen LogP) is 4.18. The molecule has 0 aliphatic carbocycles. The molecule has 0 saturated heterocycles. The first-order valence-electron chi connectivity index (χ1n) is 8.32. The molecule has 0 saturated carbocycles. The van der Waals surface area contributed by atoms with Gasteiger partial charge in [-0.2, -0.15) is 15.0 Å². The van der Waals surface area contributed by atoms with Crippen molar-refractivity contribution in [3.05, 3.63) is 57.0 Å². The monoisotopic (exact) mass is 446 g/mol. The smallest absolute Gasteiger partial charge is 0.251 e. The number of aromatic nitrogens is 4. The fourth-order valence-corrected chi connectivity index (χ4v) is 3.61. The molecule has 1 unspecified atom stereocenters. The Morgan fingerprint density at radius 3 is 2.70 bits per heavy atom. The Morgan fingerprint density at radius 2 is 2.07 bits per heavy atom. The van der Waals surface area contributed by atoms with Crippen molar-refractivity contribution in [3.63, 3.8) is 0 Å². The Bertz CT molecular complexity index is 954. The van der Waals surface area contributed by atoms with E-state index in [1.54, 1.807) is 6.07 Å². The van der Waals surface area contributed by atoms with Crippen molar-refractivity contribution >= 4 is 33.2 Å². The minimum atomic E-state index is -0.385. The Kier molecular flexibility index (Phi) is 7.21. The first kappa shape index (κ1) is 20.7. The number of benzene rings is 1. The number of carbonyl (C=O) groups excluding carboxylic acids is 1. The van der Waals surface area contributed by atoms with Crippen molar-refractivity contribution in [1.29, 1.82) is 5.26 Å². The van der Waals surface area contributed by atoms with E-state index in [0.29, 0.717) is 21.4 Å². The summed E-state index contributed by atoms with van der Waals surface area (Å²) in [6.45, 7) is 7.75. The summed E-state index contributed by atoms with van der Waals surface area (Å²) in [6.07, 6.45) is 2.88. The van der Waals surface area contributed by atoms with E-state index in [4.69, 9.17) is 5.26 Å². The first-order chi connectivity index (χ1) is 13.0. The fraction of sp³-hybridized carbons (Fsp3) is 0.278. The van der Waals surface area contributed by atoms with Crippen LogP contribution in [0.2, 0.25) is 0 Å². The van der Waals surface area contributed by atoms with Crippen molar-refractivity contribution in [2.24, 2.45) is 0 Å².